The highest BCUT2D eigenvalue weighted by Crippen LogP contribution is 1.99. The van der Waals surface area contributed by atoms with Crippen molar-refractivity contribution >= 4 is 5.91 Å². The van der Waals surface area contributed by atoms with Gasteiger partial charge in [0.2, 0.25) is 5.91 Å². The number of methoxy groups -OCH3 is 1. The first-order valence-corrected chi connectivity index (χ1v) is 3.99. The second-order valence-corrected chi connectivity index (χ2v) is 2.73. The minimum atomic E-state index is -0.0529. The number of amides is 1. The maximum absolute atomic E-state index is 10.6. The van der Waals surface area contributed by atoms with Crippen molar-refractivity contribution in [1.82, 2.24) is 15.5 Å². The molecule has 1 aromatic heterocycles. The fraction of sp³-hybridized carbons (Fsp3) is 0.500. The molecule has 5 heteroatoms. The van der Waals surface area contributed by atoms with Gasteiger partial charge in [-0.15, -0.1) is 0 Å². The van der Waals surface area contributed by atoms with Crippen LogP contribution in [0.1, 0.15) is 18.3 Å². The van der Waals surface area contributed by atoms with Crippen LogP contribution in [0.2, 0.25) is 0 Å². The Bertz CT molecular complexity index is 283. The van der Waals surface area contributed by atoms with E-state index >= 15 is 0 Å². The van der Waals surface area contributed by atoms with Crippen molar-refractivity contribution in [3.8, 4) is 0 Å². The zero-order valence-corrected chi connectivity index (χ0v) is 7.76. The van der Waals surface area contributed by atoms with Gasteiger partial charge in [-0.25, -0.2) is 0 Å². The molecule has 72 valence electrons. The van der Waals surface area contributed by atoms with Gasteiger partial charge in [0, 0.05) is 14.0 Å². The van der Waals surface area contributed by atoms with Crippen LogP contribution in [0.4, 0.5) is 0 Å². The average molecular weight is 183 g/mol. The van der Waals surface area contributed by atoms with Gasteiger partial charge in [0.25, 0.3) is 0 Å². The van der Waals surface area contributed by atoms with E-state index in [9.17, 15) is 4.79 Å². The first-order chi connectivity index (χ1) is 6.22. The van der Waals surface area contributed by atoms with Crippen molar-refractivity contribution in [2.24, 2.45) is 0 Å². The topological polar surface area (TPSA) is 67.0 Å². The van der Waals surface area contributed by atoms with Crippen LogP contribution in [0.15, 0.2) is 6.07 Å². The third-order valence-corrected chi connectivity index (χ3v) is 1.50. The third kappa shape index (κ3) is 3.25. The number of H-pyrrole nitrogens is 1. The van der Waals surface area contributed by atoms with E-state index in [1.54, 1.807) is 7.11 Å². The summed E-state index contributed by atoms with van der Waals surface area (Å²) in [6.07, 6.45) is 0. The number of carbonyl (C=O) groups excluding carboxylic acids is 1. The molecule has 0 aliphatic rings. The maximum atomic E-state index is 10.6. The summed E-state index contributed by atoms with van der Waals surface area (Å²) in [6, 6.07) is 1.86. The molecule has 0 bridgehead atoms. The van der Waals surface area contributed by atoms with E-state index in [1.165, 1.54) is 6.92 Å². The highest BCUT2D eigenvalue weighted by molar-refractivity contribution is 5.72. The zero-order valence-electron chi connectivity index (χ0n) is 7.76. The van der Waals surface area contributed by atoms with Crippen LogP contribution in [-0.4, -0.2) is 23.2 Å². The van der Waals surface area contributed by atoms with Crippen molar-refractivity contribution in [2.75, 3.05) is 7.11 Å². The van der Waals surface area contributed by atoms with E-state index in [1.807, 2.05) is 6.07 Å². The smallest absolute Gasteiger partial charge is 0.217 e. The summed E-state index contributed by atoms with van der Waals surface area (Å²) >= 11 is 0. The summed E-state index contributed by atoms with van der Waals surface area (Å²) < 4.78 is 4.90. The lowest BCUT2D eigenvalue weighted by molar-refractivity contribution is -0.119. The molecule has 1 amide bonds. The number of ether oxygens (including phenoxy) is 1. The lowest BCUT2D eigenvalue weighted by Crippen LogP contribution is -2.19. The Morgan fingerprint density at radius 3 is 3.15 bits per heavy atom. The number of hydrogen-bond donors (Lipinski definition) is 2. The zero-order chi connectivity index (χ0) is 9.68. The number of aromatic nitrogens is 2. The Morgan fingerprint density at radius 2 is 2.54 bits per heavy atom. The summed E-state index contributed by atoms with van der Waals surface area (Å²) in [5.41, 5.74) is 1.71. The molecule has 0 saturated carbocycles. The summed E-state index contributed by atoms with van der Waals surface area (Å²) in [5.74, 6) is -0.0529. The van der Waals surface area contributed by atoms with E-state index in [4.69, 9.17) is 4.74 Å². The van der Waals surface area contributed by atoms with Gasteiger partial charge in [-0.2, -0.15) is 5.10 Å². The molecule has 2 N–H and O–H groups in total. The minimum Gasteiger partial charge on any atom is -0.378 e. The van der Waals surface area contributed by atoms with E-state index in [2.05, 4.69) is 15.5 Å². The Kier molecular flexibility index (Phi) is 3.45. The van der Waals surface area contributed by atoms with Crippen LogP contribution < -0.4 is 5.32 Å². The van der Waals surface area contributed by atoms with Gasteiger partial charge in [0.1, 0.15) is 0 Å². The normalized spacial score (nSPS) is 10.0. The standard InChI is InChI=1S/C8H13N3O2/c1-6(12)9-4-7-3-8(5-13-2)11-10-7/h3H,4-5H2,1-2H3,(H,9,12)(H,10,11). The molecule has 0 unspecified atom stereocenters. The van der Waals surface area contributed by atoms with E-state index in [0.29, 0.717) is 13.2 Å². The molecule has 0 atom stereocenters. The predicted octanol–water partition coefficient (Wildman–Crippen LogP) is 0.192. The fourth-order valence-electron chi connectivity index (χ4n) is 0.941. The van der Waals surface area contributed by atoms with Gasteiger partial charge >= 0.3 is 0 Å². The van der Waals surface area contributed by atoms with Crippen LogP contribution in [0, 0.1) is 0 Å². The third-order valence-electron chi connectivity index (χ3n) is 1.50. The molecule has 0 aliphatic carbocycles. The molecule has 1 aromatic rings. The van der Waals surface area contributed by atoms with Crippen molar-refractivity contribution < 1.29 is 9.53 Å². The largest absolute Gasteiger partial charge is 0.378 e. The minimum absolute atomic E-state index is 0.0529. The van der Waals surface area contributed by atoms with Gasteiger partial charge in [0.05, 0.1) is 24.5 Å². The van der Waals surface area contributed by atoms with Crippen LogP contribution in [0.5, 0.6) is 0 Å². The fourth-order valence-corrected chi connectivity index (χ4v) is 0.941. The van der Waals surface area contributed by atoms with Crippen molar-refractivity contribution in [3.05, 3.63) is 17.5 Å². The molecule has 0 aliphatic heterocycles. The lowest BCUT2D eigenvalue weighted by atomic mass is 10.3. The molecule has 0 radical (unpaired) electrons. The van der Waals surface area contributed by atoms with Crippen molar-refractivity contribution in [1.29, 1.82) is 0 Å². The lowest BCUT2D eigenvalue weighted by Gasteiger charge is -1.96. The Hall–Kier alpha value is -1.36. The molecule has 13 heavy (non-hydrogen) atoms. The molecular weight excluding hydrogens is 170 g/mol. The average Bonchev–Trinajstić information content (AvgIpc) is 2.50. The van der Waals surface area contributed by atoms with Crippen LogP contribution in [0.3, 0.4) is 0 Å². The van der Waals surface area contributed by atoms with Crippen molar-refractivity contribution in [3.63, 3.8) is 0 Å². The number of carbonyl (C=O) groups is 1. The maximum Gasteiger partial charge on any atom is 0.217 e. The molecule has 1 heterocycles. The first kappa shape index (κ1) is 9.73. The quantitative estimate of drug-likeness (QED) is 0.700. The van der Waals surface area contributed by atoms with Crippen LogP contribution >= 0.6 is 0 Å². The Balaban J connectivity index is 2.44. The molecule has 0 fully saturated rings. The number of hydrogen-bond acceptors (Lipinski definition) is 3. The van der Waals surface area contributed by atoms with Gasteiger partial charge < -0.3 is 10.1 Å². The number of nitrogens with zero attached hydrogens (tertiary/aromatic N) is 1. The molecule has 1 rings (SSSR count). The Morgan fingerprint density at radius 1 is 1.77 bits per heavy atom. The SMILES string of the molecule is COCc1cc(CNC(C)=O)[nH]n1. The molecule has 0 spiro atoms. The second-order valence-electron chi connectivity index (χ2n) is 2.73. The predicted molar refractivity (Wildman–Crippen MR) is 46.8 cm³/mol. The second kappa shape index (κ2) is 4.61. The van der Waals surface area contributed by atoms with E-state index in [0.717, 1.165) is 11.4 Å². The van der Waals surface area contributed by atoms with Gasteiger partial charge in [-0.05, 0) is 6.07 Å². The van der Waals surface area contributed by atoms with E-state index < -0.39 is 0 Å². The summed E-state index contributed by atoms with van der Waals surface area (Å²) in [6.45, 7) is 2.44. The van der Waals surface area contributed by atoms with Gasteiger partial charge in [-0.3, -0.25) is 9.89 Å². The summed E-state index contributed by atoms with van der Waals surface area (Å²) in [5, 5.41) is 9.45. The van der Waals surface area contributed by atoms with Gasteiger partial charge in [-0.1, -0.05) is 0 Å². The monoisotopic (exact) mass is 183 g/mol. The molecule has 0 saturated heterocycles. The molecule has 0 aromatic carbocycles. The summed E-state index contributed by atoms with van der Waals surface area (Å²) in [7, 11) is 1.61. The van der Waals surface area contributed by atoms with E-state index in [-0.39, 0.29) is 5.91 Å². The summed E-state index contributed by atoms with van der Waals surface area (Å²) in [4.78, 5) is 10.6. The Labute approximate surface area is 76.5 Å². The number of nitrogens with one attached hydrogen (secondary N) is 2. The molecule has 5 nitrogen and oxygen atoms in total. The van der Waals surface area contributed by atoms with Crippen molar-refractivity contribution in [2.45, 2.75) is 20.1 Å². The highest BCUT2D eigenvalue weighted by Gasteiger charge is 2.00. The molecular formula is C8H13N3O2. The number of aromatic amines is 1. The number of rotatable bonds is 4. The van der Waals surface area contributed by atoms with Crippen LogP contribution in [-0.2, 0) is 22.7 Å². The van der Waals surface area contributed by atoms with Gasteiger partial charge in [0.15, 0.2) is 0 Å². The van der Waals surface area contributed by atoms with Crippen LogP contribution in [0.25, 0.3) is 0 Å². The highest BCUT2D eigenvalue weighted by atomic mass is 16.5. The first-order valence-electron chi connectivity index (χ1n) is 3.99.